The molecule has 4 aromatic rings. The van der Waals surface area contributed by atoms with Crippen LogP contribution in [0.15, 0.2) is 72.9 Å². The average Bonchev–Trinajstić information content (AvgIpc) is 3.30. The monoisotopic (exact) mass is 462 g/mol. The van der Waals surface area contributed by atoms with Crippen molar-refractivity contribution in [1.29, 1.82) is 0 Å². The first-order valence-electron chi connectivity index (χ1n) is 11.3. The largest absolute Gasteiger partial charge is 0.304 e. The summed E-state index contributed by atoms with van der Waals surface area (Å²) in [7, 11) is 2.09. The van der Waals surface area contributed by atoms with Crippen molar-refractivity contribution in [2.75, 3.05) is 33.2 Å². The van der Waals surface area contributed by atoms with Gasteiger partial charge in [0.15, 0.2) is 0 Å². The van der Waals surface area contributed by atoms with Crippen LogP contribution >= 0.6 is 0 Å². The first kappa shape index (κ1) is 22.4. The van der Waals surface area contributed by atoms with E-state index in [1.54, 1.807) is 18.3 Å². The SMILES string of the molecule is CN1CCN(C(c2ccc(-c3ccc(F)cc3)cc2)c2cn[nH]c2-c2c(F)cccc2F)CC1. The minimum atomic E-state index is -0.630. The fourth-order valence-electron chi connectivity index (χ4n) is 4.61. The number of piperazine rings is 1. The summed E-state index contributed by atoms with van der Waals surface area (Å²) in [6, 6.07) is 18.1. The van der Waals surface area contributed by atoms with Crippen LogP contribution in [0, 0.1) is 17.5 Å². The lowest BCUT2D eigenvalue weighted by Gasteiger charge is -2.38. The number of benzene rings is 3. The van der Waals surface area contributed by atoms with E-state index < -0.39 is 11.6 Å². The van der Waals surface area contributed by atoms with Gasteiger partial charge >= 0.3 is 0 Å². The molecular formula is C27H25F3N4. The molecule has 0 aliphatic carbocycles. The number of rotatable bonds is 5. The summed E-state index contributed by atoms with van der Waals surface area (Å²) >= 11 is 0. The van der Waals surface area contributed by atoms with E-state index in [1.807, 2.05) is 24.3 Å². The Kier molecular flexibility index (Phi) is 6.22. The van der Waals surface area contributed by atoms with Crippen molar-refractivity contribution in [1.82, 2.24) is 20.0 Å². The molecule has 1 saturated heterocycles. The molecule has 0 spiro atoms. The summed E-state index contributed by atoms with van der Waals surface area (Å²) in [5.74, 6) is -1.54. The lowest BCUT2D eigenvalue weighted by Crippen LogP contribution is -2.46. The van der Waals surface area contributed by atoms with Gasteiger partial charge in [-0.25, -0.2) is 13.2 Å². The molecular weight excluding hydrogens is 437 g/mol. The number of aromatic amines is 1. The molecule has 1 fully saturated rings. The third-order valence-corrected chi connectivity index (χ3v) is 6.48. The van der Waals surface area contributed by atoms with Crippen LogP contribution in [0.3, 0.4) is 0 Å². The molecule has 0 amide bonds. The first-order valence-corrected chi connectivity index (χ1v) is 11.3. The van der Waals surface area contributed by atoms with Crippen LogP contribution in [0.1, 0.15) is 17.2 Å². The Labute approximate surface area is 196 Å². The second-order valence-electron chi connectivity index (χ2n) is 8.67. The Morgan fingerprint density at radius 2 is 1.38 bits per heavy atom. The van der Waals surface area contributed by atoms with E-state index in [4.69, 9.17) is 0 Å². The van der Waals surface area contributed by atoms with E-state index >= 15 is 0 Å². The van der Waals surface area contributed by atoms with Gasteiger partial charge in [0.25, 0.3) is 0 Å². The Hall–Kier alpha value is -3.42. The molecule has 5 rings (SSSR count). The summed E-state index contributed by atoms with van der Waals surface area (Å²) in [4.78, 5) is 4.58. The van der Waals surface area contributed by atoms with Crippen molar-refractivity contribution in [3.8, 4) is 22.4 Å². The molecule has 2 heterocycles. The van der Waals surface area contributed by atoms with Crippen LogP contribution in [-0.2, 0) is 0 Å². The third-order valence-electron chi connectivity index (χ3n) is 6.48. The average molecular weight is 463 g/mol. The van der Waals surface area contributed by atoms with Crippen LogP contribution in [0.4, 0.5) is 13.2 Å². The number of nitrogens with one attached hydrogen (secondary N) is 1. The predicted molar refractivity (Wildman–Crippen MR) is 127 cm³/mol. The van der Waals surface area contributed by atoms with Gasteiger partial charge in [-0.1, -0.05) is 42.5 Å². The molecule has 1 aliphatic heterocycles. The van der Waals surface area contributed by atoms with Crippen molar-refractivity contribution < 1.29 is 13.2 Å². The molecule has 1 aromatic heterocycles. The maximum absolute atomic E-state index is 14.7. The number of aromatic nitrogens is 2. The van der Waals surface area contributed by atoms with Gasteiger partial charge in [-0.2, -0.15) is 5.10 Å². The van der Waals surface area contributed by atoms with Gasteiger partial charge in [0.1, 0.15) is 17.5 Å². The fourth-order valence-corrected chi connectivity index (χ4v) is 4.61. The molecule has 1 aliphatic rings. The number of hydrogen-bond donors (Lipinski definition) is 1. The van der Waals surface area contributed by atoms with E-state index in [2.05, 4.69) is 27.0 Å². The minimum absolute atomic E-state index is 0.0999. The van der Waals surface area contributed by atoms with E-state index in [0.29, 0.717) is 5.69 Å². The van der Waals surface area contributed by atoms with Crippen LogP contribution in [-0.4, -0.2) is 53.2 Å². The normalized spacial score (nSPS) is 16.0. The molecule has 1 N–H and O–H groups in total. The van der Waals surface area contributed by atoms with Crippen molar-refractivity contribution in [2.45, 2.75) is 6.04 Å². The quantitative estimate of drug-likeness (QED) is 0.426. The summed E-state index contributed by atoms with van der Waals surface area (Å²) in [5, 5.41) is 7.02. The maximum atomic E-state index is 14.7. The molecule has 34 heavy (non-hydrogen) atoms. The van der Waals surface area contributed by atoms with Crippen LogP contribution < -0.4 is 0 Å². The minimum Gasteiger partial charge on any atom is -0.304 e. The first-order chi connectivity index (χ1) is 16.5. The fraction of sp³-hybridized carbons (Fsp3) is 0.222. The zero-order valence-electron chi connectivity index (χ0n) is 18.8. The van der Waals surface area contributed by atoms with Gasteiger partial charge in [0.05, 0.1) is 23.5 Å². The number of hydrogen-bond acceptors (Lipinski definition) is 3. The Morgan fingerprint density at radius 3 is 2.00 bits per heavy atom. The second kappa shape index (κ2) is 9.44. The number of nitrogens with zero attached hydrogens (tertiary/aromatic N) is 3. The van der Waals surface area contributed by atoms with E-state index in [0.717, 1.165) is 48.4 Å². The molecule has 7 heteroatoms. The highest BCUT2D eigenvalue weighted by Gasteiger charge is 2.30. The van der Waals surface area contributed by atoms with Gasteiger partial charge < -0.3 is 4.90 Å². The highest BCUT2D eigenvalue weighted by atomic mass is 19.1. The van der Waals surface area contributed by atoms with E-state index in [9.17, 15) is 13.2 Å². The zero-order valence-corrected chi connectivity index (χ0v) is 18.8. The summed E-state index contributed by atoms with van der Waals surface area (Å²) in [6.45, 7) is 3.41. The lowest BCUT2D eigenvalue weighted by molar-refractivity contribution is 0.127. The van der Waals surface area contributed by atoms with E-state index in [-0.39, 0.29) is 17.4 Å². The van der Waals surface area contributed by atoms with Gasteiger partial charge in [0.2, 0.25) is 0 Å². The molecule has 0 bridgehead atoms. The molecule has 3 aromatic carbocycles. The molecule has 0 saturated carbocycles. The lowest BCUT2D eigenvalue weighted by atomic mass is 9.92. The second-order valence-corrected chi connectivity index (χ2v) is 8.67. The molecule has 1 atom stereocenters. The smallest absolute Gasteiger partial charge is 0.135 e. The number of likely N-dealkylation sites (N-methyl/N-ethyl adjacent to an activating group) is 1. The van der Waals surface area contributed by atoms with Crippen LogP contribution in [0.5, 0.6) is 0 Å². The van der Waals surface area contributed by atoms with Gasteiger partial charge in [-0.15, -0.1) is 0 Å². The van der Waals surface area contributed by atoms with Crippen molar-refractivity contribution in [3.63, 3.8) is 0 Å². The zero-order chi connectivity index (χ0) is 23.7. The molecule has 4 nitrogen and oxygen atoms in total. The highest BCUT2D eigenvalue weighted by Crippen LogP contribution is 2.37. The van der Waals surface area contributed by atoms with E-state index in [1.165, 1.54) is 30.3 Å². The van der Waals surface area contributed by atoms with Gasteiger partial charge in [-0.3, -0.25) is 10.00 Å². The third kappa shape index (κ3) is 4.36. The van der Waals surface area contributed by atoms with Crippen LogP contribution in [0.25, 0.3) is 22.4 Å². The van der Waals surface area contributed by atoms with Crippen molar-refractivity contribution in [2.24, 2.45) is 0 Å². The number of H-pyrrole nitrogens is 1. The van der Waals surface area contributed by atoms with Gasteiger partial charge in [0, 0.05) is 31.7 Å². The molecule has 1 unspecified atom stereocenters. The predicted octanol–water partition coefficient (Wildman–Crippen LogP) is 5.50. The van der Waals surface area contributed by atoms with Crippen molar-refractivity contribution in [3.05, 3.63) is 102 Å². The summed E-state index contributed by atoms with van der Waals surface area (Å²) in [6.07, 6.45) is 1.66. The molecule has 0 radical (unpaired) electrons. The summed E-state index contributed by atoms with van der Waals surface area (Å²) in [5.41, 5.74) is 3.85. The number of halogens is 3. The van der Waals surface area contributed by atoms with Gasteiger partial charge in [-0.05, 0) is 48.0 Å². The summed E-state index contributed by atoms with van der Waals surface area (Å²) < 4.78 is 42.7. The topological polar surface area (TPSA) is 35.2 Å². The Balaban J connectivity index is 1.57. The Bertz CT molecular complexity index is 1240. The Morgan fingerprint density at radius 1 is 0.794 bits per heavy atom. The highest BCUT2D eigenvalue weighted by molar-refractivity contribution is 5.67. The standard InChI is InChI=1S/C27H25F3N4/c1-33-13-15-34(16-14-33)27(20-7-5-18(6-8-20)19-9-11-21(28)12-10-19)22-17-31-32-26(22)25-23(29)3-2-4-24(25)30/h2-12,17,27H,13-16H2,1H3,(H,31,32). The van der Waals surface area contributed by atoms with Crippen molar-refractivity contribution >= 4 is 0 Å². The van der Waals surface area contributed by atoms with Crippen LogP contribution in [0.2, 0.25) is 0 Å². The molecule has 174 valence electrons. The maximum Gasteiger partial charge on any atom is 0.135 e.